The van der Waals surface area contributed by atoms with Crippen molar-refractivity contribution in [3.8, 4) is 0 Å². The number of carbonyl (C=O) groups is 1. The highest BCUT2D eigenvalue weighted by molar-refractivity contribution is 5.64. The van der Waals surface area contributed by atoms with Crippen molar-refractivity contribution in [1.82, 2.24) is 15.1 Å². The van der Waals surface area contributed by atoms with Gasteiger partial charge in [-0.25, -0.2) is 9.18 Å². The van der Waals surface area contributed by atoms with Gasteiger partial charge in [-0.2, -0.15) is 0 Å². The first-order chi connectivity index (χ1) is 11.1. The number of benzene rings is 1. The number of rotatable bonds is 5. The largest absolute Gasteiger partial charge is 0.465 e. The minimum Gasteiger partial charge on any atom is -0.465 e. The van der Waals surface area contributed by atoms with E-state index in [1.165, 1.54) is 6.07 Å². The molecule has 0 unspecified atom stereocenters. The third-order valence-electron chi connectivity index (χ3n) is 4.45. The normalized spacial score (nSPS) is 20.2. The summed E-state index contributed by atoms with van der Waals surface area (Å²) in [4.78, 5) is 15.2. The SMILES string of the molecule is O=C(O)NCc1ccc(CN2CC(N3CCOCC3)C2)cc1F. The number of likely N-dealkylation sites (tertiary alicyclic amines) is 1. The van der Waals surface area contributed by atoms with Crippen molar-refractivity contribution in [1.29, 1.82) is 0 Å². The molecule has 0 atom stereocenters. The summed E-state index contributed by atoms with van der Waals surface area (Å²) in [5, 5.41) is 10.7. The van der Waals surface area contributed by atoms with Crippen LogP contribution in [0.25, 0.3) is 0 Å². The highest BCUT2D eigenvalue weighted by Crippen LogP contribution is 2.20. The zero-order chi connectivity index (χ0) is 16.2. The van der Waals surface area contributed by atoms with Gasteiger partial charge >= 0.3 is 6.09 Å². The van der Waals surface area contributed by atoms with Gasteiger partial charge in [0.25, 0.3) is 0 Å². The predicted molar refractivity (Wildman–Crippen MR) is 82.7 cm³/mol. The lowest BCUT2D eigenvalue weighted by Crippen LogP contribution is -2.60. The van der Waals surface area contributed by atoms with E-state index in [9.17, 15) is 9.18 Å². The van der Waals surface area contributed by atoms with E-state index in [1.54, 1.807) is 6.07 Å². The lowest BCUT2D eigenvalue weighted by Gasteiger charge is -2.46. The Bertz CT molecular complexity index is 558. The van der Waals surface area contributed by atoms with E-state index >= 15 is 0 Å². The minimum atomic E-state index is -1.15. The van der Waals surface area contributed by atoms with Crippen LogP contribution < -0.4 is 5.32 Å². The predicted octanol–water partition coefficient (Wildman–Crippen LogP) is 1.11. The summed E-state index contributed by atoms with van der Waals surface area (Å²) in [6.07, 6.45) is -1.15. The van der Waals surface area contributed by atoms with Crippen molar-refractivity contribution < 1.29 is 19.0 Å². The topological polar surface area (TPSA) is 65.0 Å². The third kappa shape index (κ3) is 4.19. The molecule has 23 heavy (non-hydrogen) atoms. The fraction of sp³-hybridized carbons (Fsp3) is 0.562. The minimum absolute atomic E-state index is 0.00966. The Morgan fingerprint density at radius 3 is 2.74 bits per heavy atom. The van der Waals surface area contributed by atoms with Gasteiger partial charge in [0.15, 0.2) is 0 Å². The molecule has 2 aliphatic rings. The number of halogens is 1. The maximum atomic E-state index is 14.0. The van der Waals surface area contributed by atoms with Crippen LogP contribution in [0.4, 0.5) is 9.18 Å². The molecule has 0 bridgehead atoms. The Morgan fingerprint density at radius 1 is 1.35 bits per heavy atom. The molecule has 2 fully saturated rings. The fourth-order valence-corrected chi connectivity index (χ4v) is 3.11. The maximum Gasteiger partial charge on any atom is 0.404 e. The van der Waals surface area contributed by atoms with E-state index in [4.69, 9.17) is 9.84 Å². The summed E-state index contributed by atoms with van der Waals surface area (Å²) in [5.74, 6) is -0.360. The smallest absolute Gasteiger partial charge is 0.404 e. The number of carboxylic acid groups (broad SMARTS) is 1. The second-order valence-corrected chi connectivity index (χ2v) is 6.08. The first kappa shape index (κ1) is 16.2. The van der Waals surface area contributed by atoms with Crippen LogP contribution in [0, 0.1) is 5.82 Å². The molecule has 7 heteroatoms. The Balaban J connectivity index is 1.47. The van der Waals surface area contributed by atoms with Gasteiger partial charge < -0.3 is 15.2 Å². The molecule has 2 saturated heterocycles. The van der Waals surface area contributed by atoms with Crippen molar-refractivity contribution >= 4 is 6.09 Å². The van der Waals surface area contributed by atoms with Gasteiger partial charge in [-0.1, -0.05) is 12.1 Å². The number of nitrogens with zero attached hydrogens (tertiary/aromatic N) is 2. The van der Waals surface area contributed by atoms with Gasteiger partial charge in [0, 0.05) is 50.9 Å². The molecule has 1 aromatic carbocycles. The molecule has 6 nitrogen and oxygen atoms in total. The molecule has 0 aromatic heterocycles. The van der Waals surface area contributed by atoms with E-state index in [0.29, 0.717) is 11.6 Å². The summed E-state index contributed by atoms with van der Waals surface area (Å²) in [7, 11) is 0. The lowest BCUT2D eigenvalue weighted by molar-refractivity contribution is -0.0344. The average molecular weight is 323 g/mol. The van der Waals surface area contributed by atoms with Crippen molar-refractivity contribution in [2.45, 2.75) is 19.1 Å². The standard InChI is InChI=1S/C16H22FN3O3/c17-15-7-12(1-2-13(15)8-18-16(21)22)9-19-10-14(11-19)20-3-5-23-6-4-20/h1-2,7,14,18H,3-6,8-11H2,(H,21,22). The molecule has 0 aliphatic carbocycles. The maximum absolute atomic E-state index is 14.0. The van der Waals surface area contributed by atoms with Crippen LogP contribution in [0.1, 0.15) is 11.1 Å². The lowest BCUT2D eigenvalue weighted by atomic mass is 10.0. The summed E-state index contributed by atoms with van der Waals surface area (Å²) in [5.41, 5.74) is 1.29. The first-order valence-electron chi connectivity index (χ1n) is 7.90. The molecule has 2 aliphatic heterocycles. The molecule has 126 valence electrons. The highest BCUT2D eigenvalue weighted by Gasteiger charge is 2.32. The van der Waals surface area contributed by atoms with Gasteiger partial charge in [-0.05, 0) is 11.6 Å². The summed E-state index contributed by atoms with van der Waals surface area (Å²) >= 11 is 0. The summed E-state index contributed by atoms with van der Waals surface area (Å²) in [6, 6.07) is 5.60. The molecule has 0 saturated carbocycles. The van der Waals surface area contributed by atoms with Gasteiger partial charge in [-0.3, -0.25) is 9.80 Å². The van der Waals surface area contributed by atoms with Crippen molar-refractivity contribution in [2.24, 2.45) is 0 Å². The molecule has 2 heterocycles. The van der Waals surface area contributed by atoms with Crippen LogP contribution in [0.3, 0.4) is 0 Å². The molecule has 3 rings (SSSR count). The zero-order valence-electron chi connectivity index (χ0n) is 13.0. The molecule has 0 radical (unpaired) electrons. The molecular formula is C16H22FN3O3. The van der Waals surface area contributed by atoms with Crippen molar-refractivity contribution in [3.63, 3.8) is 0 Å². The molecule has 1 aromatic rings. The second-order valence-electron chi connectivity index (χ2n) is 6.08. The second kappa shape index (κ2) is 7.25. The van der Waals surface area contributed by atoms with Gasteiger partial charge in [0.2, 0.25) is 0 Å². The van der Waals surface area contributed by atoms with Gasteiger partial charge in [0.1, 0.15) is 5.82 Å². The molecule has 0 spiro atoms. The first-order valence-corrected chi connectivity index (χ1v) is 7.90. The Labute approximate surface area is 134 Å². The highest BCUT2D eigenvalue weighted by atomic mass is 19.1. The van der Waals surface area contributed by atoms with E-state index in [2.05, 4.69) is 15.1 Å². The van der Waals surface area contributed by atoms with Crippen molar-refractivity contribution in [3.05, 3.63) is 35.1 Å². The van der Waals surface area contributed by atoms with Crippen molar-refractivity contribution in [2.75, 3.05) is 39.4 Å². The van der Waals surface area contributed by atoms with Crippen LogP contribution in [-0.4, -0.2) is 66.4 Å². The van der Waals surface area contributed by atoms with E-state index in [1.807, 2.05) is 6.07 Å². The van der Waals surface area contributed by atoms with Crippen LogP contribution in [-0.2, 0) is 17.8 Å². The van der Waals surface area contributed by atoms with E-state index < -0.39 is 6.09 Å². The van der Waals surface area contributed by atoms with Gasteiger partial charge in [0.05, 0.1) is 13.2 Å². The average Bonchev–Trinajstić information content (AvgIpc) is 2.50. The van der Waals surface area contributed by atoms with Crippen LogP contribution >= 0.6 is 0 Å². The third-order valence-corrected chi connectivity index (χ3v) is 4.45. The summed E-state index contributed by atoms with van der Waals surface area (Å²) < 4.78 is 19.3. The molecule has 1 amide bonds. The quantitative estimate of drug-likeness (QED) is 0.850. The number of morpholine rings is 1. The molecular weight excluding hydrogens is 301 g/mol. The van der Waals surface area contributed by atoms with Gasteiger partial charge in [-0.15, -0.1) is 0 Å². The van der Waals surface area contributed by atoms with Crippen LogP contribution in [0.15, 0.2) is 18.2 Å². The fourth-order valence-electron chi connectivity index (χ4n) is 3.11. The zero-order valence-corrected chi connectivity index (χ0v) is 13.0. The number of hydrogen-bond acceptors (Lipinski definition) is 4. The van der Waals surface area contributed by atoms with Crippen LogP contribution in [0.2, 0.25) is 0 Å². The van der Waals surface area contributed by atoms with E-state index in [-0.39, 0.29) is 12.4 Å². The number of ether oxygens (including phenoxy) is 1. The summed E-state index contributed by atoms with van der Waals surface area (Å²) in [6.45, 7) is 6.35. The number of amides is 1. The Morgan fingerprint density at radius 2 is 2.09 bits per heavy atom. The number of nitrogens with one attached hydrogen (secondary N) is 1. The Hall–Kier alpha value is -1.70. The molecule has 2 N–H and O–H groups in total. The van der Waals surface area contributed by atoms with E-state index in [0.717, 1.165) is 51.5 Å². The number of hydrogen-bond donors (Lipinski definition) is 2. The monoisotopic (exact) mass is 323 g/mol. The van der Waals surface area contributed by atoms with Crippen LogP contribution in [0.5, 0.6) is 0 Å². The Kier molecular flexibility index (Phi) is 5.09.